The van der Waals surface area contributed by atoms with Gasteiger partial charge in [-0.05, 0) is 162 Å². The molecule has 9 rings (SSSR count). The Hall–Kier alpha value is -4.24. The maximum atomic E-state index is 9.00. The summed E-state index contributed by atoms with van der Waals surface area (Å²) in [6.07, 6.45) is 2.14. The van der Waals surface area contributed by atoms with Crippen molar-refractivity contribution < 1.29 is 4.11 Å². The van der Waals surface area contributed by atoms with Gasteiger partial charge in [-0.25, -0.2) is 0 Å². The molecule has 0 radical (unpaired) electrons. The summed E-state index contributed by atoms with van der Waals surface area (Å²) in [6, 6.07) is 30.2. The number of benzene rings is 5. The van der Waals surface area contributed by atoms with E-state index in [1.54, 1.807) is 0 Å². The lowest BCUT2D eigenvalue weighted by atomic mass is 9.33. The topological polar surface area (TPSA) is 6.48 Å². The Morgan fingerprint density at radius 1 is 0.509 bits per heavy atom. The number of nitrogens with zero attached hydrogens (tertiary/aromatic N) is 2. The molecule has 5 aromatic carbocycles. The van der Waals surface area contributed by atoms with E-state index < -0.39 is 6.85 Å². The summed E-state index contributed by atoms with van der Waals surface area (Å²) in [6.45, 7) is 32.6. The fraction of sp³-hybridized carbons (Fsp3) is 0.444. The zero-order valence-electron chi connectivity index (χ0n) is 40.4. The van der Waals surface area contributed by atoms with Gasteiger partial charge in [0.05, 0.1) is 0 Å². The van der Waals surface area contributed by atoms with Crippen LogP contribution >= 0.6 is 0 Å². The number of rotatable bonds is 2. The molecule has 0 aromatic heterocycles. The van der Waals surface area contributed by atoms with Crippen LogP contribution in [-0.4, -0.2) is 6.71 Å². The Bertz CT molecular complexity index is 2650. The quantitative estimate of drug-likeness (QED) is 0.162. The van der Waals surface area contributed by atoms with Crippen molar-refractivity contribution in [2.24, 2.45) is 0 Å². The lowest BCUT2D eigenvalue weighted by Crippen LogP contribution is -2.61. The Morgan fingerprint density at radius 2 is 1.04 bits per heavy atom. The van der Waals surface area contributed by atoms with Gasteiger partial charge in [-0.3, -0.25) is 0 Å². The van der Waals surface area contributed by atoms with E-state index in [0.717, 1.165) is 47.0 Å². The minimum Gasteiger partial charge on any atom is -0.311 e. The highest BCUT2D eigenvalue weighted by atomic mass is 15.2. The lowest BCUT2D eigenvalue weighted by Gasteiger charge is -2.45. The fourth-order valence-electron chi connectivity index (χ4n) is 11.9. The van der Waals surface area contributed by atoms with Gasteiger partial charge in [0.2, 0.25) is 0 Å². The molecule has 0 bridgehead atoms. The van der Waals surface area contributed by atoms with Crippen molar-refractivity contribution in [2.45, 2.75) is 156 Å². The molecule has 0 spiro atoms. The summed E-state index contributed by atoms with van der Waals surface area (Å²) in [5.41, 5.74) is 19.7. The molecular weight excluding hydrogens is 687 g/mol. The van der Waals surface area contributed by atoms with Crippen LogP contribution in [0.1, 0.15) is 158 Å². The molecule has 2 aliphatic heterocycles. The predicted molar refractivity (Wildman–Crippen MR) is 249 cm³/mol. The van der Waals surface area contributed by atoms with E-state index in [-0.39, 0.29) is 39.2 Å². The molecule has 0 atom stereocenters. The summed E-state index contributed by atoms with van der Waals surface area (Å²) < 4.78 is 27.0. The van der Waals surface area contributed by atoms with E-state index >= 15 is 0 Å². The number of anilines is 6. The molecule has 0 saturated carbocycles. The zero-order chi connectivity index (χ0) is 43.7. The van der Waals surface area contributed by atoms with Crippen molar-refractivity contribution in [1.29, 1.82) is 0 Å². The van der Waals surface area contributed by atoms with Crippen molar-refractivity contribution in [1.82, 2.24) is 0 Å². The monoisotopic (exact) mass is 756 g/mol. The SMILES string of the molecule is [2H]C([2H])([2H])c1cc2c3c(c1)N(c1ccc(C(C)(C)C)cc1C)c1cc(C(C)(C)C)ccc1B3c1cc3c(cc1N2c1ccc2c(c1)C(C)(C)CC2(C)C)C(C)(C)CC3(C)C. The van der Waals surface area contributed by atoms with Crippen LogP contribution in [-0.2, 0) is 32.5 Å². The van der Waals surface area contributed by atoms with Gasteiger partial charge in [0, 0.05) is 38.2 Å². The minimum absolute atomic E-state index is 0.00162. The smallest absolute Gasteiger partial charge is 0.252 e. The molecule has 3 heteroatoms. The first-order chi connectivity index (χ1) is 27.5. The van der Waals surface area contributed by atoms with Crippen molar-refractivity contribution in [3.05, 3.63) is 123 Å². The molecule has 0 fully saturated rings. The molecule has 0 N–H and O–H groups in total. The molecule has 57 heavy (non-hydrogen) atoms. The maximum Gasteiger partial charge on any atom is 0.252 e. The molecule has 0 saturated heterocycles. The average molecular weight is 756 g/mol. The first-order valence-electron chi connectivity index (χ1n) is 22.9. The van der Waals surface area contributed by atoms with Crippen molar-refractivity contribution >= 4 is 57.2 Å². The van der Waals surface area contributed by atoms with E-state index in [2.05, 4.69) is 180 Å². The molecule has 0 amide bonds. The first kappa shape index (κ1) is 34.8. The van der Waals surface area contributed by atoms with Gasteiger partial charge in [0.1, 0.15) is 0 Å². The summed E-state index contributed by atoms with van der Waals surface area (Å²) in [7, 11) is 0. The average Bonchev–Trinajstić information content (AvgIpc) is 3.42. The van der Waals surface area contributed by atoms with Gasteiger partial charge in [0.25, 0.3) is 6.71 Å². The van der Waals surface area contributed by atoms with Crippen LogP contribution in [0.2, 0.25) is 0 Å². The highest BCUT2D eigenvalue weighted by Crippen LogP contribution is 2.55. The summed E-state index contributed by atoms with van der Waals surface area (Å²) in [4.78, 5) is 4.86. The van der Waals surface area contributed by atoms with Gasteiger partial charge < -0.3 is 9.80 Å². The molecule has 0 unspecified atom stereocenters. The van der Waals surface area contributed by atoms with Gasteiger partial charge in [-0.2, -0.15) is 0 Å². The third kappa shape index (κ3) is 5.64. The Labute approximate surface area is 349 Å². The Balaban J connectivity index is 1.43. The lowest BCUT2D eigenvalue weighted by molar-refractivity contribution is 0.403. The van der Waals surface area contributed by atoms with Crippen LogP contribution in [0.15, 0.2) is 78.9 Å². The van der Waals surface area contributed by atoms with E-state index in [1.165, 1.54) is 55.3 Å². The second-order valence-corrected chi connectivity index (χ2v) is 22.9. The van der Waals surface area contributed by atoms with Gasteiger partial charge in [-0.15, -0.1) is 0 Å². The third-order valence-electron chi connectivity index (χ3n) is 14.3. The van der Waals surface area contributed by atoms with Gasteiger partial charge in [0.15, 0.2) is 0 Å². The van der Waals surface area contributed by atoms with Crippen LogP contribution in [0.3, 0.4) is 0 Å². The second kappa shape index (κ2) is 11.7. The molecule has 2 heterocycles. The van der Waals surface area contributed by atoms with E-state index in [0.29, 0.717) is 5.56 Å². The minimum atomic E-state index is -2.33. The molecule has 5 aromatic rings. The van der Waals surface area contributed by atoms with Crippen LogP contribution in [0.5, 0.6) is 0 Å². The van der Waals surface area contributed by atoms with Crippen LogP contribution < -0.4 is 26.2 Å². The summed E-state index contributed by atoms with van der Waals surface area (Å²) >= 11 is 0. The molecule has 2 aliphatic carbocycles. The van der Waals surface area contributed by atoms with Gasteiger partial charge in [-0.1, -0.05) is 133 Å². The van der Waals surface area contributed by atoms with Gasteiger partial charge >= 0.3 is 0 Å². The Morgan fingerprint density at radius 3 is 1.63 bits per heavy atom. The normalized spacial score (nSPS) is 20.2. The number of hydrogen-bond acceptors (Lipinski definition) is 2. The summed E-state index contributed by atoms with van der Waals surface area (Å²) in [5, 5.41) is 0. The highest BCUT2D eigenvalue weighted by Gasteiger charge is 2.49. The second-order valence-electron chi connectivity index (χ2n) is 22.9. The molecule has 4 aliphatic rings. The number of aryl methyl sites for hydroxylation is 2. The number of hydrogen-bond donors (Lipinski definition) is 0. The van der Waals surface area contributed by atoms with Crippen LogP contribution in [0, 0.1) is 13.8 Å². The van der Waals surface area contributed by atoms with Crippen molar-refractivity contribution in [3.63, 3.8) is 0 Å². The van der Waals surface area contributed by atoms with E-state index in [1.807, 2.05) is 12.1 Å². The standard InChI is InChI=1S/C54H65BN2/c1-32-23-46-48-47(24-32)57(43-22-18-34(25-33(43)2)49(3,4)5)44-26-35(50(6,7)8)17-21-41(44)55(48)42-28-39-40(54(15,16)31-53(39,13)14)29-45(42)56(46)36-19-20-37-38(27-36)52(11,12)30-51(37,9)10/h17-29H,30-31H2,1-16H3/i1D3. The largest absolute Gasteiger partial charge is 0.311 e. The third-order valence-corrected chi connectivity index (χ3v) is 14.3. The number of fused-ring (bicyclic) bond motifs is 6. The van der Waals surface area contributed by atoms with Crippen LogP contribution in [0.4, 0.5) is 34.1 Å². The maximum absolute atomic E-state index is 9.00. The molecular formula is C54H65BN2. The predicted octanol–water partition coefficient (Wildman–Crippen LogP) is 12.9. The zero-order valence-corrected chi connectivity index (χ0v) is 37.4. The van der Waals surface area contributed by atoms with E-state index in [4.69, 9.17) is 4.11 Å². The molecule has 294 valence electrons. The van der Waals surface area contributed by atoms with Crippen LogP contribution in [0.25, 0.3) is 0 Å². The van der Waals surface area contributed by atoms with E-state index in [9.17, 15) is 0 Å². The summed E-state index contributed by atoms with van der Waals surface area (Å²) in [5.74, 6) is 0. The highest BCUT2D eigenvalue weighted by molar-refractivity contribution is 7.00. The first-order valence-corrected chi connectivity index (χ1v) is 21.4. The molecule has 2 nitrogen and oxygen atoms in total. The Kier molecular flexibility index (Phi) is 7.14. The van der Waals surface area contributed by atoms with Crippen molar-refractivity contribution in [3.8, 4) is 0 Å². The van der Waals surface area contributed by atoms with Crippen molar-refractivity contribution in [2.75, 3.05) is 9.80 Å². The fourth-order valence-corrected chi connectivity index (χ4v) is 11.9.